The molecule has 1 aliphatic rings. The minimum absolute atomic E-state index is 0.0387. The molecule has 1 aliphatic heterocycles. The van der Waals surface area contributed by atoms with E-state index >= 15 is 0 Å². The Kier molecular flexibility index (Phi) is 5.85. The number of hydrogen-bond acceptors (Lipinski definition) is 7. The molecule has 0 saturated carbocycles. The first-order valence-electron chi connectivity index (χ1n) is 8.70. The van der Waals surface area contributed by atoms with Crippen LogP contribution >= 0.6 is 0 Å². The summed E-state index contributed by atoms with van der Waals surface area (Å²) in [5.74, 6) is 0.601. The second kappa shape index (κ2) is 8.29. The molecule has 3 N–H and O–H groups in total. The maximum Gasteiger partial charge on any atom is 0.235 e. The number of aromatic nitrogens is 2. The largest absolute Gasteiger partial charge is 0.497 e. The molecule has 1 saturated heterocycles. The van der Waals surface area contributed by atoms with Crippen molar-refractivity contribution >= 4 is 16.9 Å². The second-order valence-electron chi connectivity index (χ2n) is 6.38. The fourth-order valence-electron chi connectivity index (χ4n) is 3.44. The third-order valence-electron chi connectivity index (χ3n) is 4.74. The van der Waals surface area contributed by atoms with Gasteiger partial charge >= 0.3 is 0 Å². The number of methoxy groups -OCH3 is 1. The van der Waals surface area contributed by atoms with E-state index in [0.29, 0.717) is 30.3 Å². The SMILES string of the molecule is COc1ccc2ncc(OCCN3CCCC(CO)C3C(N)=O)nc2c1. The van der Waals surface area contributed by atoms with Gasteiger partial charge in [0.05, 0.1) is 30.4 Å². The summed E-state index contributed by atoms with van der Waals surface area (Å²) in [6.45, 7) is 1.60. The summed E-state index contributed by atoms with van der Waals surface area (Å²) < 4.78 is 10.9. The average molecular weight is 360 g/mol. The first-order valence-corrected chi connectivity index (χ1v) is 8.70. The highest BCUT2D eigenvalue weighted by Gasteiger charge is 2.34. The van der Waals surface area contributed by atoms with Gasteiger partial charge in [0.1, 0.15) is 12.4 Å². The minimum Gasteiger partial charge on any atom is -0.497 e. The molecule has 0 radical (unpaired) electrons. The van der Waals surface area contributed by atoms with Crippen molar-refractivity contribution in [2.45, 2.75) is 18.9 Å². The number of likely N-dealkylation sites (tertiary alicyclic amines) is 1. The van der Waals surface area contributed by atoms with Gasteiger partial charge in [-0.3, -0.25) is 9.69 Å². The van der Waals surface area contributed by atoms with Gasteiger partial charge in [-0.1, -0.05) is 0 Å². The lowest BCUT2D eigenvalue weighted by molar-refractivity contribution is -0.127. The number of amides is 1. The number of hydrogen-bond donors (Lipinski definition) is 2. The lowest BCUT2D eigenvalue weighted by atomic mass is 9.89. The number of piperidine rings is 1. The predicted octanol–water partition coefficient (Wildman–Crippen LogP) is 0.575. The van der Waals surface area contributed by atoms with Crippen LogP contribution in [0.4, 0.5) is 0 Å². The van der Waals surface area contributed by atoms with Crippen molar-refractivity contribution in [1.82, 2.24) is 14.9 Å². The van der Waals surface area contributed by atoms with Crippen LogP contribution in [0.1, 0.15) is 12.8 Å². The van der Waals surface area contributed by atoms with Crippen molar-refractivity contribution in [1.29, 1.82) is 0 Å². The Labute approximate surface area is 151 Å². The van der Waals surface area contributed by atoms with Gasteiger partial charge in [-0.15, -0.1) is 0 Å². The van der Waals surface area contributed by atoms with Crippen LogP contribution in [0.2, 0.25) is 0 Å². The van der Waals surface area contributed by atoms with E-state index < -0.39 is 11.9 Å². The van der Waals surface area contributed by atoms with Crippen LogP contribution in [0.3, 0.4) is 0 Å². The Bertz CT molecular complexity index is 770. The number of nitrogens with zero attached hydrogens (tertiary/aromatic N) is 3. The molecule has 8 nitrogen and oxygen atoms in total. The van der Waals surface area contributed by atoms with Crippen LogP contribution in [0.5, 0.6) is 11.6 Å². The summed E-state index contributed by atoms with van der Waals surface area (Å²) in [5.41, 5.74) is 6.98. The smallest absolute Gasteiger partial charge is 0.235 e. The van der Waals surface area contributed by atoms with Gasteiger partial charge < -0.3 is 20.3 Å². The molecule has 2 atom stereocenters. The van der Waals surface area contributed by atoms with Crippen molar-refractivity contribution in [3.63, 3.8) is 0 Å². The van der Waals surface area contributed by atoms with E-state index in [4.69, 9.17) is 15.2 Å². The second-order valence-corrected chi connectivity index (χ2v) is 6.38. The molecule has 2 unspecified atom stereocenters. The Morgan fingerprint density at radius 1 is 1.42 bits per heavy atom. The molecule has 0 bridgehead atoms. The number of aliphatic hydroxyl groups excluding tert-OH is 1. The summed E-state index contributed by atoms with van der Waals surface area (Å²) >= 11 is 0. The Morgan fingerprint density at radius 2 is 2.27 bits per heavy atom. The molecule has 26 heavy (non-hydrogen) atoms. The monoisotopic (exact) mass is 360 g/mol. The molecule has 2 heterocycles. The van der Waals surface area contributed by atoms with E-state index in [9.17, 15) is 9.90 Å². The van der Waals surface area contributed by atoms with Crippen LogP contribution in [0.15, 0.2) is 24.4 Å². The van der Waals surface area contributed by atoms with E-state index in [1.54, 1.807) is 19.4 Å². The first-order chi connectivity index (χ1) is 12.6. The molecule has 2 aromatic rings. The first kappa shape index (κ1) is 18.3. The standard InChI is InChI=1S/C18H24N4O4/c1-25-13-4-5-14-15(9-13)21-16(10-20-14)26-8-7-22-6-2-3-12(11-23)17(22)18(19)24/h4-5,9-10,12,17,23H,2-3,6-8,11H2,1H3,(H2,19,24). The normalized spacial score (nSPS) is 20.8. The molecule has 0 aliphatic carbocycles. The zero-order valence-electron chi connectivity index (χ0n) is 14.8. The fourth-order valence-corrected chi connectivity index (χ4v) is 3.44. The average Bonchev–Trinajstić information content (AvgIpc) is 2.66. The predicted molar refractivity (Wildman–Crippen MR) is 96.0 cm³/mol. The number of ether oxygens (including phenoxy) is 2. The number of nitrogens with two attached hydrogens (primary N) is 1. The molecular formula is C18H24N4O4. The zero-order chi connectivity index (χ0) is 18.5. The summed E-state index contributed by atoms with van der Waals surface area (Å²) in [4.78, 5) is 22.5. The summed E-state index contributed by atoms with van der Waals surface area (Å²) in [7, 11) is 1.60. The molecular weight excluding hydrogens is 336 g/mol. The molecule has 0 spiro atoms. The van der Waals surface area contributed by atoms with Gasteiger partial charge in [-0.2, -0.15) is 0 Å². The van der Waals surface area contributed by atoms with Crippen LogP contribution in [-0.4, -0.2) is 65.3 Å². The van der Waals surface area contributed by atoms with Gasteiger partial charge in [0.2, 0.25) is 11.8 Å². The van der Waals surface area contributed by atoms with Crippen LogP contribution in [0, 0.1) is 5.92 Å². The van der Waals surface area contributed by atoms with Crippen LogP contribution < -0.4 is 15.2 Å². The van der Waals surface area contributed by atoms with E-state index in [0.717, 1.165) is 24.9 Å². The number of carbonyl (C=O) groups is 1. The lowest BCUT2D eigenvalue weighted by Gasteiger charge is -2.38. The van der Waals surface area contributed by atoms with Gasteiger partial charge in [0.25, 0.3) is 0 Å². The molecule has 3 rings (SSSR count). The third kappa shape index (κ3) is 4.03. The maximum atomic E-state index is 11.8. The molecule has 1 aromatic carbocycles. The zero-order valence-corrected chi connectivity index (χ0v) is 14.8. The van der Waals surface area contributed by atoms with Gasteiger partial charge in [0, 0.05) is 25.1 Å². The Hall–Kier alpha value is -2.45. The van der Waals surface area contributed by atoms with Crippen molar-refractivity contribution < 1.29 is 19.4 Å². The van der Waals surface area contributed by atoms with Crippen LogP contribution in [-0.2, 0) is 4.79 Å². The van der Waals surface area contributed by atoms with Crippen molar-refractivity contribution in [2.75, 3.05) is 33.4 Å². The van der Waals surface area contributed by atoms with Crippen LogP contribution in [0.25, 0.3) is 11.0 Å². The van der Waals surface area contributed by atoms with Gasteiger partial charge in [0.15, 0.2) is 0 Å². The highest BCUT2D eigenvalue weighted by molar-refractivity contribution is 5.80. The van der Waals surface area contributed by atoms with Gasteiger partial charge in [-0.25, -0.2) is 9.97 Å². The van der Waals surface area contributed by atoms with E-state index in [-0.39, 0.29) is 12.5 Å². The Morgan fingerprint density at radius 3 is 3.00 bits per heavy atom. The van der Waals surface area contributed by atoms with Gasteiger partial charge in [-0.05, 0) is 31.5 Å². The lowest BCUT2D eigenvalue weighted by Crippen LogP contribution is -2.54. The van der Waals surface area contributed by atoms with E-state index in [2.05, 4.69) is 9.97 Å². The van der Waals surface area contributed by atoms with Crippen molar-refractivity contribution in [3.8, 4) is 11.6 Å². The maximum absolute atomic E-state index is 11.8. The molecule has 140 valence electrons. The highest BCUT2D eigenvalue weighted by Crippen LogP contribution is 2.23. The molecule has 8 heteroatoms. The Balaban J connectivity index is 1.63. The number of primary amides is 1. The topological polar surface area (TPSA) is 111 Å². The number of carbonyl (C=O) groups excluding carboxylic acids is 1. The molecule has 1 aromatic heterocycles. The number of aliphatic hydroxyl groups is 1. The molecule has 1 fully saturated rings. The highest BCUT2D eigenvalue weighted by atomic mass is 16.5. The summed E-state index contributed by atoms with van der Waals surface area (Å²) in [5, 5.41) is 9.48. The number of fused-ring (bicyclic) bond motifs is 1. The number of benzene rings is 1. The quantitative estimate of drug-likeness (QED) is 0.743. The minimum atomic E-state index is -0.454. The van der Waals surface area contributed by atoms with E-state index in [1.807, 2.05) is 17.0 Å². The fraction of sp³-hybridized carbons (Fsp3) is 0.500. The summed E-state index contributed by atoms with van der Waals surface area (Å²) in [6, 6.07) is 5.01. The molecule has 1 amide bonds. The van der Waals surface area contributed by atoms with Crippen molar-refractivity contribution in [2.24, 2.45) is 11.7 Å². The van der Waals surface area contributed by atoms with E-state index in [1.165, 1.54) is 0 Å². The third-order valence-corrected chi connectivity index (χ3v) is 4.74. The van der Waals surface area contributed by atoms with Crippen molar-refractivity contribution in [3.05, 3.63) is 24.4 Å². The summed E-state index contributed by atoms with van der Waals surface area (Å²) in [6.07, 6.45) is 3.30. The number of rotatable bonds is 7.